The van der Waals surface area contributed by atoms with Crippen LogP contribution in [0.2, 0.25) is 0 Å². The van der Waals surface area contributed by atoms with Crippen molar-refractivity contribution in [2.45, 2.75) is 0 Å². The number of methoxy groups -OCH3 is 2. The van der Waals surface area contributed by atoms with Crippen LogP contribution < -0.4 is 14.9 Å². The third-order valence-electron chi connectivity index (χ3n) is 3.87. The monoisotopic (exact) mass is 412 g/mol. The van der Waals surface area contributed by atoms with Crippen molar-refractivity contribution < 1.29 is 14.3 Å². The highest BCUT2D eigenvalue weighted by atomic mass is 79.9. The predicted octanol–water partition coefficient (Wildman–Crippen LogP) is 4.38. The van der Waals surface area contributed by atoms with Gasteiger partial charge in [-0.15, -0.1) is 0 Å². The molecule has 0 bridgehead atoms. The van der Waals surface area contributed by atoms with Gasteiger partial charge in [-0.05, 0) is 50.5 Å². The molecular formula is C20H17BrN2O3. The molecule has 0 aliphatic heterocycles. The number of hydrogen-bond acceptors (Lipinski definition) is 4. The van der Waals surface area contributed by atoms with Gasteiger partial charge in [-0.3, -0.25) is 4.79 Å². The van der Waals surface area contributed by atoms with Crippen LogP contribution in [0.1, 0.15) is 15.9 Å². The lowest BCUT2D eigenvalue weighted by Crippen LogP contribution is -2.17. The second-order valence-corrected chi connectivity index (χ2v) is 6.32. The number of carbonyl (C=O) groups excluding carboxylic acids is 1. The fourth-order valence-electron chi connectivity index (χ4n) is 2.66. The van der Waals surface area contributed by atoms with E-state index in [1.165, 1.54) is 0 Å². The van der Waals surface area contributed by atoms with Crippen molar-refractivity contribution in [2.75, 3.05) is 14.2 Å². The minimum atomic E-state index is -0.266. The Morgan fingerprint density at radius 3 is 2.62 bits per heavy atom. The van der Waals surface area contributed by atoms with Crippen molar-refractivity contribution in [3.63, 3.8) is 0 Å². The summed E-state index contributed by atoms with van der Waals surface area (Å²) in [6.07, 6.45) is 1.55. The zero-order chi connectivity index (χ0) is 18.5. The third kappa shape index (κ3) is 3.70. The topological polar surface area (TPSA) is 59.9 Å². The number of halogens is 1. The van der Waals surface area contributed by atoms with Crippen molar-refractivity contribution in [1.82, 2.24) is 5.43 Å². The molecule has 5 nitrogen and oxygen atoms in total. The lowest BCUT2D eigenvalue weighted by molar-refractivity contribution is 0.0957. The molecule has 3 rings (SSSR count). The van der Waals surface area contributed by atoms with E-state index in [4.69, 9.17) is 9.47 Å². The van der Waals surface area contributed by atoms with E-state index in [0.717, 1.165) is 20.8 Å². The summed E-state index contributed by atoms with van der Waals surface area (Å²) in [5.41, 5.74) is 3.90. The molecule has 0 atom stereocenters. The van der Waals surface area contributed by atoms with Gasteiger partial charge in [0.05, 0.1) is 24.9 Å². The average Bonchev–Trinajstić information content (AvgIpc) is 2.67. The molecule has 0 heterocycles. The highest BCUT2D eigenvalue weighted by Gasteiger charge is 2.10. The number of hydrazone groups is 1. The number of carbonyl (C=O) groups is 1. The molecule has 0 radical (unpaired) electrons. The molecule has 0 fully saturated rings. The molecule has 3 aromatic carbocycles. The molecular weight excluding hydrogens is 396 g/mol. The normalized spacial score (nSPS) is 10.9. The van der Waals surface area contributed by atoms with E-state index in [0.29, 0.717) is 17.1 Å². The lowest BCUT2D eigenvalue weighted by atomic mass is 10.0. The molecule has 0 spiro atoms. The highest BCUT2D eigenvalue weighted by molar-refractivity contribution is 9.10. The van der Waals surface area contributed by atoms with Crippen LogP contribution in [0.25, 0.3) is 10.8 Å². The van der Waals surface area contributed by atoms with Gasteiger partial charge in [0.1, 0.15) is 0 Å². The molecule has 132 valence electrons. The first-order chi connectivity index (χ1) is 12.6. The molecule has 0 aliphatic carbocycles. The summed E-state index contributed by atoms with van der Waals surface area (Å²) in [6, 6.07) is 16.9. The second kappa shape index (κ2) is 8.01. The first-order valence-electron chi connectivity index (χ1n) is 7.86. The van der Waals surface area contributed by atoms with Gasteiger partial charge in [0.2, 0.25) is 0 Å². The van der Waals surface area contributed by atoms with Crippen molar-refractivity contribution in [3.05, 3.63) is 70.2 Å². The number of rotatable bonds is 5. The Labute approximate surface area is 159 Å². The predicted molar refractivity (Wildman–Crippen MR) is 106 cm³/mol. The van der Waals surface area contributed by atoms with Crippen LogP contribution in [-0.4, -0.2) is 26.3 Å². The maximum Gasteiger partial charge on any atom is 0.271 e. The van der Waals surface area contributed by atoms with Crippen LogP contribution in [0.15, 0.2) is 64.2 Å². The minimum absolute atomic E-state index is 0.266. The van der Waals surface area contributed by atoms with E-state index in [9.17, 15) is 4.79 Å². The fourth-order valence-corrected chi connectivity index (χ4v) is 3.28. The van der Waals surface area contributed by atoms with Gasteiger partial charge in [0.15, 0.2) is 11.5 Å². The van der Waals surface area contributed by atoms with Gasteiger partial charge >= 0.3 is 0 Å². The van der Waals surface area contributed by atoms with Crippen LogP contribution in [0.3, 0.4) is 0 Å². The standard InChI is InChI=1S/C20H17BrN2O3/c1-25-18-11-13(10-17(21)19(18)26-2)12-22-23-20(24)16-9-5-7-14-6-3-4-8-15(14)16/h3-12H,1-2H3,(H,23,24)/b22-12-. The summed E-state index contributed by atoms with van der Waals surface area (Å²) >= 11 is 3.43. The number of ether oxygens (including phenoxy) is 2. The third-order valence-corrected chi connectivity index (χ3v) is 4.46. The lowest BCUT2D eigenvalue weighted by Gasteiger charge is -2.10. The van der Waals surface area contributed by atoms with E-state index >= 15 is 0 Å². The molecule has 0 unspecified atom stereocenters. The Hall–Kier alpha value is -2.86. The Bertz CT molecular complexity index is 981. The van der Waals surface area contributed by atoms with E-state index in [1.807, 2.05) is 42.5 Å². The van der Waals surface area contributed by atoms with Crippen LogP contribution in [-0.2, 0) is 0 Å². The van der Waals surface area contributed by atoms with Gasteiger partial charge in [-0.2, -0.15) is 5.10 Å². The summed E-state index contributed by atoms with van der Waals surface area (Å²) in [5.74, 6) is 0.908. The van der Waals surface area contributed by atoms with Gasteiger partial charge in [-0.1, -0.05) is 36.4 Å². The Morgan fingerprint density at radius 2 is 1.85 bits per heavy atom. The SMILES string of the molecule is COc1cc(/C=N\NC(=O)c2cccc3ccccc23)cc(Br)c1OC. The van der Waals surface area contributed by atoms with E-state index < -0.39 is 0 Å². The summed E-state index contributed by atoms with van der Waals surface area (Å²) in [6.45, 7) is 0. The maximum atomic E-state index is 12.5. The number of amides is 1. The molecule has 1 N–H and O–H groups in total. The van der Waals surface area contributed by atoms with Gasteiger partial charge in [0.25, 0.3) is 5.91 Å². The van der Waals surface area contributed by atoms with E-state index in [1.54, 1.807) is 32.6 Å². The van der Waals surface area contributed by atoms with Crippen molar-refractivity contribution >= 4 is 38.8 Å². The maximum absolute atomic E-state index is 12.5. The van der Waals surface area contributed by atoms with Crippen LogP contribution in [0.5, 0.6) is 11.5 Å². The van der Waals surface area contributed by atoms with Gasteiger partial charge in [-0.25, -0.2) is 5.43 Å². The molecule has 3 aromatic rings. The molecule has 0 saturated carbocycles. The Morgan fingerprint density at radius 1 is 1.08 bits per heavy atom. The smallest absolute Gasteiger partial charge is 0.271 e. The molecule has 6 heteroatoms. The largest absolute Gasteiger partial charge is 0.493 e. The molecule has 26 heavy (non-hydrogen) atoms. The zero-order valence-corrected chi connectivity index (χ0v) is 15.9. The van der Waals surface area contributed by atoms with E-state index in [2.05, 4.69) is 26.5 Å². The molecule has 0 aromatic heterocycles. The van der Waals surface area contributed by atoms with Gasteiger partial charge < -0.3 is 9.47 Å². The summed E-state index contributed by atoms with van der Waals surface area (Å²) < 4.78 is 11.3. The van der Waals surface area contributed by atoms with Crippen LogP contribution in [0, 0.1) is 0 Å². The number of nitrogens with one attached hydrogen (secondary N) is 1. The van der Waals surface area contributed by atoms with Gasteiger partial charge in [0, 0.05) is 5.56 Å². The number of benzene rings is 3. The van der Waals surface area contributed by atoms with Crippen molar-refractivity contribution in [3.8, 4) is 11.5 Å². The van der Waals surface area contributed by atoms with Crippen molar-refractivity contribution in [2.24, 2.45) is 5.10 Å². The fraction of sp³-hybridized carbons (Fsp3) is 0.100. The van der Waals surface area contributed by atoms with Crippen molar-refractivity contribution in [1.29, 1.82) is 0 Å². The first kappa shape index (κ1) is 17.9. The first-order valence-corrected chi connectivity index (χ1v) is 8.66. The number of hydrogen-bond donors (Lipinski definition) is 1. The number of fused-ring (bicyclic) bond motifs is 1. The highest BCUT2D eigenvalue weighted by Crippen LogP contribution is 2.35. The van der Waals surface area contributed by atoms with Crippen LogP contribution in [0.4, 0.5) is 0 Å². The number of nitrogens with zero attached hydrogens (tertiary/aromatic N) is 1. The zero-order valence-electron chi connectivity index (χ0n) is 14.3. The van der Waals surface area contributed by atoms with E-state index in [-0.39, 0.29) is 5.91 Å². The Kier molecular flexibility index (Phi) is 5.53. The quantitative estimate of drug-likeness (QED) is 0.499. The minimum Gasteiger partial charge on any atom is -0.493 e. The average molecular weight is 413 g/mol. The summed E-state index contributed by atoms with van der Waals surface area (Å²) in [4.78, 5) is 12.5. The van der Waals surface area contributed by atoms with Crippen LogP contribution >= 0.6 is 15.9 Å². The molecule has 0 saturated heterocycles. The molecule has 0 aliphatic rings. The summed E-state index contributed by atoms with van der Waals surface area (Å²) in [5, 5.41) is 5.95. The second-order valence-electron chi connectivity index (χ2n) is 5.46. The summed E-state index contributed by atoms with van der Waals surface area (Å²) in [7, 11) is 3.13. The molecule has 1 amide bonds. The Balaban J connectivity index is 1.80.